The SMILES string of the molecule is O=P.[Ca+2].[H-].[H-].[Zn]. The van der Waals surface area contributed by atoms with Crippen LogP contribution in [-0.2, 0) is 24.0 Å². The van der Waals surface area contributed by atoms with Crippen molar-refractivity contribution < 1.29 is 26.9 Å². The van der Waals surface area contributed by atoms with Gasteiger partial charge in [-0.2, -0.15) is 0 Å². The molecule has 0 aliphatic rings. The van der Waals surface area contributed by atoms with Crippen LogP contribution in [0.25, 0.3) is 0 Å². The van der Waals surface area contributed by atoms with E-state index in [9.17, 15) is 0 Å². The monoisotopic (exact) mass is 154 g/mol. The van der Waals surface area contributed by atoms with Crippen molar-refractivity contribution >= 4 is 46.9 Å². The third kappa shape index (κ3) is 9.01. The summed E-state index contributed by atoms with van der Waals surface area (Å²) < 4.78 is 8.06. The summed E-state index contributed by atoms with van der Waals surface area (Å²) in [4.78, 5) is 0. The summed E-state index contributed by atoms with van der Waals surface area (Å²) in [6.07, 6.45) is 0. The van der Waals surface area contributed by atoms with Crippen LogP contribution in [0.4, 0.5) is 0 Å². The van der Waals surface area contributed by atoms with Gasteiger partial charge in [-0.3, -0.25) is 4.57 Å². The molecular formula is H3CaOPZn. The van der Waals surface area contributed by atoms with Crippen molar-refractivity contribution in [3.63, 3.8) is 0 Å². The van der Waals surface area contributed by atoms with E-state index in [1.165, 1.54) is 0 Å². The van der Waals surface area contributed by atoms with Crippen LogP contribution >= 0.6 is 9.12 Å². The largest absolute Gasteiger partial charge is 2.00 e. The molecule has 0 fully saturated rings. The Morgan fingerprint density at radius 2 is 1.50 bits per heavy atom. The van der Waals surface area contributed by atoms with Gasteiger partial charge in [-0.25, -0.2) is 0 Å². The minimum atomic E-state index is 0. The van der Waals surface area contributed by atoms with Crippen LogP contribution < -0.4 is 0 Å². The Hall–Kier alpha value is 1.98. The van der Waals surface area contributed by atoms with Gasteiger partial charge in [0.1, 0.15) is 9.12 Å². The van der Waals surface area contributed by atoms with E-state index < -0.39 is 0 Å². The van der Waals surface area contributed by atoms with Crippen molar-refractivity contribution in [2.24, 2.45) is 0 Å². The maximum atomic E-state index is 8.06. The zero-order valence-electron chi connectivity index (χ0n) is 4.32. The van der Waals surface area contributed by atoms with Gasteiger partial charge >= 0.3 is 37.7 Å². The van der Waals surface area contributed by atoms with Crippen LogP contribution in [0.15, 0.2) is 0 Å². The molecule has 0 radical (unpaired) electrons. The zero-order valence-corrected chi connectivity index (χ0v) is 8.50. The minimum absolute atomic E-state index is 0. The molecule has 0 spiro atoms. The summed E-state index contributed by atoms with van der Waals surface area (Å²) in [5, 5.41) is 0. The quantitative estimate of drug-likeness (QED) is 0.364. The van der Waals surface area contributed by atoms with Crippen molar-refractivity contribution in [2.45, 2.75) is 0 Å². The molecule has 0 aromatic heterocycles. The van der Waals surface area contributed by atoms with E-state index in [0.29, 0.717) is 0 Å². The number of rotatable bonds is 0. The Kier molecular flexibility index (Phi) is 83.9. The van der Waals surface area contributed by atoms with Gasteiger partial charge in [0.15, 0.2) is 0 Å². The standard InChI is InChI=1S/Ca.HOP.Zn.2H/c;1-2;;;/h;2H;;;/q+2;;;2*-1. The molecule has 4 heteroatoms. The Balaban J connectivity index is -0.000000000833. The molecule has 0 atom stereocenters. The molecule has 0 aliphatic carbocycles. The van der Waals surface area contributed by atoms with E-state index in [0.717, 1.165) is 0 Å². The van der Waals surface area contributed by atoms with Gasteiger partial charge in [-0.15, -0.1) is 0 Å². The second-order valence-corrected chi connectivity index (χ2v) is 0. The Bertz CT molecular complexity index is 13.5. The third-order valence-corrected chi connectivity index (χ3v) is 0. The van der Waals surface area contributed by atoms with E-state index in [1.54, 1.807) is 9.12 Å². The molecule has 0 unspecified atom stereocenters. The Morgan fingerprint density at radius 1 is 1.50 bits per heavy atom. The smallest absolute Gasteiger partial charge is 1.00 e. The molecule has 4 heavy (non-hydrogen) atoms. The molecule has 18 valence electrons. The van der Waals surface area contributed by atoms with Crippen molar-refractivity contribution in [2.75, 3.05) is 0 Å². The summed E-state index contributed by atoms with van der Waals surface area (Å²) in [6.45, 7) is 0. The molecule has 0 heterocycles. The average molecular weight is 155 g/mol. The number of hydrogen-bond acceptors (Lipinski definition) is 1. The van der Waals surface area contributed by atoms with Crippen LogP contribution in [0, 0.1) is 0 Å². The summed E-state index contributed by atoms with van der Waals surface area (Å²) in [6, 6.07) is 0. The van der Waals surface area contributed by atoms with Gasteiger partial charge in [0, 0.05) is 19.5 Å². The summed E-state index contributed by atoms with van der Waals surface area (Å²) in [5.41, 5.74) is 0. The second kappa shape index (κ2) is 20.1. The summed E-state index contributed by atoms with van der Waals surface area (Å²) in [7, 11) is 1.72. The topological polar surface area (TPSA) is 17.1 Å². The molecule has 0 aromatic carbocycles. The summed E-state index contributed by atoms with van der Waals surface area (Å²) in [5.74, 6) is 0. The Morgan fingerprint density at radius 3 is 1.50 bits per heavy atom. The molecule has 0 N–H and O–H groups in total. The van der Waals surface area contributed by atoms with Gasteiger partial charge in [-0.1, -0.05) is 0 Å². The first-order chi connectivity index (χ1) is 1.00. The van der Waals surface area contributed by atoms with Crippen LogP contribution in [0.3, 0.4) is 0 Å². The maximum absolute atomic E-state index is 8.06. The first-order valence-corrected chi connectivity index (χ1v) is 0.612. The molecular weight excluding hydrogens is 152 g/mol. The van der Waals surface area contributed by atoms with Crippen molar-refractivity contribution in [3.8, 4) is 0 Å². The molecule has 0 rings (SSSR count). The van der Waals surface area contributed by atoms with Gasteiger partial charge in [-0.05, 0) is 0 Å². The van der Waals surface area contributed by atoms with Crippen molar-refractivity contribution in [3.05, 3.63) is 0 Å². The van der Waals surface area contributed by atoms with Gasteiger partial charge in [0.25, 0.3) is 0 Å². The molecule has 0 aliphatic heterocycles. The maximum Gasteiger partial charge on any atom is 2.00 e. The van der Waals surface area contributed by atoms with E-state index in [-0.39, 0.29) is 60.1 Å². The number of hydrogen-bond donors (Lipinski definition) is 0. The average Bonchev–Trinajstić information content (AvgIpc) is 1.00. The molecule has 0 aromatic rings. The molecule has 0 amide bonds. The third-order valence-electron chi connectivity index (χ3n) is 0. The molecule has 0 saturated heterocycles. The van der Waals surface area contributed by atoms with E-state index >= 15 is 0 Å². The summed E-state index contributed by atoms with van der Waals surface area (Å²) >= 11 is 0. The van der Waals surface area contributed by atoms with Crippen LogP contribution in [0.5, 0.6) is 0 Å². The van der Waals surface area contributed by atoms with E-state index in [4.69, 9.17) is 4.57 Å². The molecule has 0 bridgehead atoms. The second-order valence-electron chi connectivity index (χ2n) is 0. The van der Waals surface area contributed by atoms with Crippen LogP contribution in [0.2, 0.25) is 0 Å². The van der Waals surface area contributed by atoms with E-state index in [2.05, 4.69) is 0 Å². The van der Waals surface area contributed by atoms with Gasteiger partial charge < -0.3 is 2.85 Å². The van der Waals surface area contributed by atoms with Gasteiger partial charge in [0.05, 0.1) is 0 Å². The van der Waals surface area contributed by atoms with Gasteiger partial charge in [0.2, 0.25) is 0 Å². The van der Waals surface area contributed by atoms with E-state index in [1.807, 2.05) is 0 Å². The first kappa shape index (κ1) is 16.7. The fourth-order valence-electron chi connectivity index (χ4n) is 0. The predicted octanol–water partition coefficient (Wildman–Crippen LogP) is 0.316. The van der Waals surface area contributed by atoms with Crippen molar-refractivity contribution in [1.82, 2.24) is 0 Å². The molecule has 1 nitrogen and oxygen atoms in total. The first-order valence-electron chi connectivity index (χ1n) is 0.204. The fraction of sp³-hybridized carbons (Fsp3) is 0. The Labute approximate surface area is 72.9 Å². The van der Waals surface area contributed by atoms with Crippen LogP contribution in [0.1, 0.15) is 2.85 Å². The van der Waals surface area contributed by atoms with Crippen molar-refractivity contribution in [1.29, 1.82) is 0 Å². The zero-order chi connectivity index (χ0) is 2.00. The predicted molar refractivity (Wildman–Crippen MR) is 17.0 cm³/mol. The molecule has 0 saturated carbocycles. The fourth-order valence-corrected chi connectivity index (χ4v) is 0. The van der Waals surface area contributed by atoms with Crippen LogP contribution in [-0.4, -0.2) is 37.7 Å². The normalized spacial score (nSPS) is 1.00. The minimum Gasteiger partial charge on any atom is -1.00 e.